The standard InChI is InChI=1S/C27H28N4O2/c1-18-10-11-28-24(18)17-22-25-21(8-5-9-23(25)30-27(22)33)19-6-4-7-20(16-19)26(32)29-12-15-31-13-2-3-14-31/h4-11,16-17,28H,2-3,12-15H2,1H3,(H,29,32)(H,30,33)/b22-17-. The van der Waals surface area contributed by atoms with E-state index in [2.05, 4.69) is 20.5 Å². The van der Waals surface area contributed by atoms with Gasteiger partial charge in [0.05, 0.1) is 5.57 Å². The quantitative estimate of drug-likeness (QED) is 0.500. The van der Waals surface area contributed by atoms with Crippen molar-refractivity contribution in [2.75, 3.05) is 31.5 Å². The van der Waals surface area contributed by atoms with Crippen molar-refractivity contribution in [2.24, 2.45) is 0 Å². The van der Waals surface area contributed by atoms with Crippen LogP contribution in [0.15, 0.2) is 54.7 Å². The molecule has 0 aliphatic carbocycles. The van der Waals surface area contributed by atoms with Gasteiger partial charge < -0.3 is 20.5 Å². The molecule has 2 amide bonds. The third kappa shape index (κ3) is 4.34. The Balaban J connectivity index is 1.42. The SMILES string of the molecule is Cc1cc[nH]c1/C=C1\C(=O)Nc2cccc(-c3cccc(C(=O)NCCN4CCCC4)c3)c21. The molecule has 3 N–H and O–H groups in total. The molecule has 0 unspecified atom stereocenters. The molecule has 3 aromatic rings. The largest absolute Gasteiger partial charge is 0.361 e. The molecule has 0 bridgehead atoms. The van der Waals surface area contributed by atoms with Crippen LogP contribution in [0, 0.1) is 6.92 Å². The van der Waals surface area contributed by atoms with Gasteiger partial charge in [0.25, 0.3) is 11.8 Å². The molecule has 0 saturated carbocycles. The molecule has 5 rings (SSSR count). The van der Waals surface area contributed by atoms with Gasteiger partial charge in [-0.3, -0.25) is 9.59 Å². The van der Waals surface area contributed by atoms with Gasteiger partial charge in [-0.25, -0.2) is 0 Å². The van der Waals surface area contributed by atoms with Crippen molar-refractivity contribution < 1.29 is 9.59 Å². The fraction of sp³-hybridized carbons (Fsp3) is 0.259. The number of fused-ring (bicyclic) bond motifs is 1. The first kappa shape index (κ1) is 21.2. The lowest BCUT2D eigenvalue weighted by Crippen LogP contribution is -2.33. The zero-order chi connectivity index (χ0) is 22.8. The van der Waals surface area contributed by atoms with Crippen LogP contribution in [0.25, 0.3) is 22.8 Å². The van der Waals surface area contributed by atoms with E-state index in [-0.39, 0.29) is 11.8 Å². The summed E-state index contributed by atoms with van der Waals surface area (Å²) in [4.78, 5) is 31.2. The highest BCUT2D eigenvalue weighted by Gasteiger charge is 2.27. The molecule has 1 fully saturated rings. The molecule has 168 valence electrons. The van der Waals surface area contributed by atoms with Gasteiger partial charge in [-0.1, -0.05) is 24.3 Å². The van der Waals surface area contributed by atoms with E-state index < -0.39 is 0 Å². The molecule has 0 radical (unpaired) electrons. The van der Waals surface area contributed by atoms with Crippen LogP contribution in [0.4, 0.5) is 5.69 Å². The zero-order valence-electron chi connectivity index (χ0n) is 18.8. The van der Waals surface area contributed by atoms with Crippen molar-refractivity contribution in [3.05, 3.63) is 77.1 Å². The van der Waals surface area contributed by atoms with Crippen molar-refractivity contribution in [1.29, 1.82) is 0 Å². The number of aryl methyl sites for hydroxylation is 1. The van der Waals surface area contributed by atoms with Crippen molar-refractivity contribution >= 4 is 29.2 Å². The fourth-order valence-corrected chi connectivity index (χ4v) is 4.65. The van der Waals surface area contributed by atoms with Gasteiger partial charge in [-0.15, -0.1) is 0 Å². The van der Waals surface area contributed by atoms with E-state index in [0.29, 0.717) is 17.7 Å². The number of hydrogen-bond acceptors (Lipinski definition) is 3. The smallest absolute Gasteiger partial charge is 0.256 e. The lowest BCUT2D eigenvalue weighted by Gasteiger charge is -2.15. The second-order valence-electron chi connectivity index (χ2n) is 8.70. The first-order valence-electron chi connectivity index (χ1n) is 11.5. The Labute approximate surface area is 193 Å². The van der Waals surface area contributed by atoms with Gasteiger partial charge in [0, 0.05) is 41.8 Å². The summed E-state index contributed by atoms with van der Waals surface area (Å²) < 4.78 is 0. The lowest BCUT2D eigenvalue weighted by molar-refractivity contribution is -0.110. The summed E-state index contributed by atoms with van der Waals surface area (Å²) in [5, 5.41) is 6.02. The van der Waals surface area contributed by atoms with Crippen molar-refractivity contribution in [1.82, 2.24) is 15.2 Å². The molecule has 2 aromatic carbocycles. The van der Waals surface area contributed by atoms with Crippen LogP contribution in [0.3, 0.4) is 0 Å². The Morgan fingerprint density at radius 1 is 1.12 bits per heavy atom. The van der Waals surface area contributed by atoms with Crippen LogP contribution < -0.4 is 10.6 Å². The average molecular weight is 441 g/mol. The van der Waals surface area contributed by atoms with Gasteiger partial charge in [-0.05, 0) is 79.9 Å². The average Bonchev–Trinajstić information content (AvgIpc) is 3.55. The molecule has 6 heteroatoms. The van der Waals surface area contributed by atoms with E-state index in [0.717, 1.165) is 53.3 Å². The first-order chi connectivity index (χ1) is 16.1. The van der Waals surface area contributed by atoms with Crippen molar-refractivity contribution in [3.63, 3.8) is 0 Å². The highest BCUT2D eigenvalue weighted by atomic mass is 16.2. The number of H-pyrrole nitrogens is 1. The van der Waals surface area contributed by atoms with Gasteiger partial charge >= 0.3 is 0 Å². The number of carbonyl (C=O) groups excluding carboxylic acids is 2. The molecular weight excluding hydrogens is 412 g/mol. The number of nitrogens with one attached hydrogen (secondary N) is 3. The number of anilines is 1. The van der Waals surface area contributed by atoms with Crippen LogP contribution in [0.2, 0.25) is 0 Å². The van der Waals surface area contributed by atoms with E-state index in [1.54, 1.807) is 0 Å². The number of aromatic amines is 1. The molecule has 3 heterocycles. The monoisotopic (exact) mass is 440 g/mol. The summed E-state index contributed by atoms with van der Waals surface area (Å²) in [6.45, 7) is 5.78. The minimum atomic E-state index is -0.123. The third-order valence-electron chi connectivity index (χ3n) is 6.46. The van der Waals surface area contributed by atoms with Crippen molar-refractivity contribution in [3.8, 4) is 11.1 Å². The number of carbonyl (C=O) groups is 2. The van der Waals surface area contributed by atoms with Crippen molar-refractivity contribution in [2.45, 2.75) is 19.8 Å². The second-order valence-corrected chi connectivity index (χ2v) is 8.70. The number of rotatable bonds is 6. The number of aromatic nitrogens is 1. The summed E-state index contributed by atoms with van der Waals surface area (Å²) in [5.74, 6) is -0.196. The van der Waals surface area contributed by atoms with E-state index in [4.69, 9.17) is 0 Å². The minimum Gasteiger partial charge on any atom is -0.361 e. The Hall–Kier alpha value is -3.64. The van der Waals surface area contributed by atoms with Gasteiger partial charge in [0.2, 0.25) is 0 Å². The van der Waals surface area contributed by atoms with Crippen LogP contribution >= 0.6 is 0 Å². The Kier molecular flexibility index (Phi) is 5.84. The molecule has 0 atom stereocenters. The zero-order valence-corrected chi connectivity index (χ0v) is 18.8. The predicted octanol–water partition coefficient (Wildman–Crippen LogP) is 4.31. The predicted molar refractivity (Wildman–Crippen MR) is 132 cm³/mol. The van der Waals surface area contributed by atoms with Crippen LogP contribution in [-0.4, -0.2) is 47.9 Å². The Morgan fingerprint density at radius 3 is 2.73 bits per heavy atom. The highest BCUT2D eigenvalue weighted by Crippen LogP contribution is 2.40. The van der Waals surface area contributed by atoms with Crippen LogP contribution in [0.1, 0.15) is 40.0 Å². The molecular formula is C27H28N4O2. The van der Waals surface area contributed by atoms with Gasteiger partial charge in [-0.2, -0.15) is 0 Å². The molecule has 33 heavy (non-hydrogen) atoms. The number of benzene rings is 2. The van der Waals surface area contributed by atoms with Gasteiger partial charge in [0.15, 0.2) is 0 Å². The van der Waals surface area contributed by atoms with E-state index >= 15 is 0 Å². The molecule has 0 spiro atoms. The van der Waals surface area contributed by atoms with Gasteiger partial charge in [0.1, 0.15) is 0 Å². The summed E-state index contributed by atoms with van der Waals surface area (Å²) in [7, 11) is 0. The Bertz CT molecular complexity index is 1230. The molecule has 1 saturated heterocycles. The maximum absolute atomic E-state index is 12.8. The second kappa shape index (κ2) is 9.08. The van der Waals surface area contributed by atoms with Crippen LogP contribution in [0.5, 0.6) is 0 Å². The molecule has 2 aliphatic heterocycles. The third-order valence-corrected chi connectivity index (χ3v) is 6.46. The summed E-state index contributed by atoms with van der Waals surface area (Å²) >= 11 is 0. The topological polar surface area (TPSA) is 77.2 Å². The molecule has 2 aliphatic rings. The lowest BCUT2D eigenvalue weighted by atomic mass is 9.93. The fourth-order valence-electron chi connectivity index (χ4n) is 4.65. The normalized spacial score (nSPS) is 16.8. The number of hydrogen-bond donors (Lipinski definition) is 3. The van der Waals surface area contributed by atoms with Crippen LogP contribution in [-0.2, 0) is 4.79 Å². The first-order valence-corrected chi connectivity index (χ1v) is 11.5. The Morgan fingerprint density at radius 2 is 1.94 bits per heavy atom. The van der Waals surface area contributed by atoms with E-state index in [1.165, 1.54) is 12.8 Å². The molecule has 6 nitrogen and oxygen atoms in total. The number of nitrogens with zero attached hydrogens (tertiary/aromatic N) is 1. The summed E-state index contributed by atoms with van der Waals surface area (Å²) in [5.41, 5.74) is 6.71. The van der Waals surface area contributed by atoms with E-state index in [9.17, 15) is 9.59 Å². The maximum atomic E-state index is 12.8. The van der Waals surface area contributed by atoms with E-state index in [1.807, 2.05) is 67.7 Å². The number of amides is 2. The summed E-state index contributed by atoms with van der Waals surface area (Å²) in [6, 6.07) is 15.4. The summed E-state index contributed by atoms with van der Waals surface area (Å²) in [6.07, 6.45) is 6.26. The highest BCUT2D eigenvalue weighted by molar-refractivity contribution is 6.36. The minimum absolute atomic E-state index is 0.0735. The maximum Gasteiger partial charge on any atom is 0.256 e. The molecule has 1 aromatic heterocycles. The number of likely N-dealkylation sites (tertiary alicyclic amines) is 1.